The van der Waals surface area contributed by atoms with Gasteiger partial charge in [0.1, 0.15) is 5.75 Å². The quantitative estimate of drug-likeness (QED) is 0.217. The molecular weight excluding hydrogens is 530 g/mol. The van der Waals surface area contributed by atoms with Gasteiger partial charge in [-0.1, -0.05) is 54.1 Å². The van der Waals surface area contributed by atoms with E-state index in [2.05, 4.69) is 15.9 Å². The standard InChI is InChI=1S/C27H20BrNO5S/c1-19-12-15-23(16-13-19)35(32,33)29(26(30)20-8-4-2-5-9-20)22-14-17-25(24(28)18-22)34-27(31)21-10-6-3-7-11-21/h2-18H,1H3. The third-order valence-electron chi connectivity index (χ3n) is 5.13. The summed E-state index contributed by atoms with van der Waals surface area (Å²) in [4.78, 5) is 25.9. The van der Waals surface area contributed by atoms with Gasteiger partial charge in [0.05, 0.1) is 20.6 Å². The molecule has 0 aliphatic rings. The van der Waals surface area contributed by atoms with Crippen molar-refractivity contribution in [2.24, 2.45) is 0 Å². The second-order valence-electron chi connectivity index (χ2n) is 7.62. The van der Waals surface area contributed by atoms with Crippen molar-refractivity contribution in [1.82, 2.24) is 0 Å². The average Bonchev–Trinajstić information content (AvgIpc) is 2.87. The van der Waals surface area contributed by atoms with Crippen molar-refractivity contribution in [2.45, 2.75) is 11.8 Å². The Morgan fingerprint density at radius 1 is 0.771 bits per heavy atom. The fourth-order valence-corrected chi connectivity index (χ4v) is 5.16. The lowest BCUT2D eigenvalue weighted by atomic mass is 10.2. The molecule has 0 aromatic heterocycles. The first-order valence-corrected chi connectivity index (χ1v) is 12.8. The molecule has 4 aromatic rings. The molecule has 1 amide bonds. The van der Waals surface area contributed by atoms with Crippen LogP contribution in [0.4, 0.5) is 5.69 Å². The predicted molar refractivity (Wildman–Crippen MR) is 137 cm³/mol. The lowest BCUT2D eigenvalue weighted by Crippen LogP contribution is -2.37. The molecule has 0 N–H and O–H groups in total. The van der Waals surface area contributed by atoms with Gasteiger partial charge in [0.15, 0.2) is 0 Å². The van der Waals surface area contributed by atoms with Crippen LogP contribution in [0.15, 0.2) is 112 Å². The van der Waals surface area contributed by atoms with Crippen molar-refractivity contribution >= 4 is 43.5 Å². The number of esters is 1. The number of hydrogen-bond donors (Lipinski definition) is 0. The van der Waals surface area contributed by atoms with E-state index in [1.165, 1.54) is 30.3 Å². The molecule has 0 heterocycles. The van der Waals surface area contributed by atoms with Crippen molar-refractivity contribution in [1.29, 1.82) is 0 Å². The van der Waals surface area contributed by atoms with Crippen LogP contribution in [0.1, 0.15) is 26.3 Å². The van der Waals surface area contributed by atoms with Gasteiger partial charge in [0.2, 0.25) is 0 Å². The number of sulfonamides is 1. The van der Waals surface area contributed by atoms with Crippen molar-refractivity contribution in [3.05, 3.63) is 124 Å². The van der Waals surface area contributed by atoms with Gasteiger partial charge in [-0.15, -0.1) is 0 Å². The minimum Gasteiger partial charge on any atom is -0.422 e. The van der Waals surface area contributed by atoms with Crippen LogP contribution in [0, 0.1) is 6.92 Å². The first-order valence-electron chi connectivity index (χ1n) is 10.6. The van der Waals surface area contributed by atoms with E-state index in [1.54, 1.807) is 72.8 Å². The zero-order valence-corrected chi connectivity index (χ0v) is 21.0. The van der Waals surface area contributed by atoms with Gasteiger partial charge in [0.25, 0.3) is 15.9 Å². The maximum atomic E-state index is 13.6. The number of benzene rings is 4. The van der Waals surface area contributed by atoms with Crippen LogP contribution < -0.4 is 9.04 Å². The number of ether oxygens (including phenoxy) is 1. The second-order valence-corrected chi connectivity index (χ2v) is 10.3. The van der Waals surface area contributed by atoms with Gasteiger partial charge in [-0.3, -0.25) is 4.79 Å². The highest BCUT2D eigenvalue weighted by molar-refractivity contribution is 9.10. The van der Waals surface area contributed by atoms with Crippen molar-refractivity contribution in [3.63, 3.8) is 0 Å². The fourth-order valence-electron chi connectivity index (χ4n) is 3.31. The Balaban J connectivity index is 1.75. The summed E-state index contributed by atoms with van der Waals surface area (Å²) in [7, 11) is -4.26. The monoisotopic (exact) mass is 549 g/mol. The highest BCUT2D eigenvalue weighted by Crippen LogP contribution is 2.34. The lowest BCUT2D eigenvalue weighted by molar-refractivity contribution is 0.0733. The van der Waals surface area contributed by atoms with Crippen LogP contribution in [0.3, 0.4) is 0 Å². The Labute approximate surface area is 212 Å². The van der Waals surface area contributed by atoms with E-state index in [0.29, 0.717) is 10.0 Å². The highest BCUT2D eigenvalue weighted by Gasteiger charge is 2.32. The number of aryl methyl sites for hydroxylation is 1. The Morgan fingerprint density at radius 3 is 1.91 bits per heavy atom. The normalized spacial score (nSPS) is 11.0. The molecule has 0 unspecified atom stereocenters. The SMILES string of the molecule is Cc1ccc(S(=O)(=O)N(C(=O)c2ccccc2)c2ccc(OC(=O)c3ccccc3)c(Br)c2)cc1. The number of rotatable bonds is 6. The molecule has 4 aromatic carbocycles. The summed E-state index contributed by atoms with van der Waals surface area (Å²) in [6.45, 7) is 1.84. The molecule has 0 radical (unpaired) electrons. The van der Waals surface area contributed by atoms with Crippen molar-refractivity contribution in [3.8, 4) is 5.75 Å². The molecule has 4 rings (SSSR count). The van der Waals surface area contributed by atoms with Gasteiger partial charge >= 0.3 is 5.97 Å². The topological polar surface area (TPSA) is 80.8 Å². The summed E-state index contributed by atoms with van der Waals surface area (Å²) in [5, 5.41) is 0. The predicted octanol–water partition coefficient (Wildman–Crippen LogP) is 6.01. The summed E-state index contributed by atoms with van der Waals surface area (Å²) in [5.74, 6) is -1.10. The Morgan fingerprint density at radius 2 is 1.34 bits per heavy atom. The number of carbonyl (C=O) groups is 2. The number of halogens is 1. The molecule has 0 aliphatic carbocycles. The van der Waals surface area contributed by atoms with Crippen LogP contribution in [0.2, 0.25) is 0 Å². The lowest BCUT2D eigenvalue weighted by Gasteiger charge is -2.23. The van der Waals surface area contributed by atoms with E-state index in [1.807, 2.05) is 6.92 Å². The van der Waals surface area contributed by atoms with E-state index in [-0.39, 0.29) is 21.9 Å². The number of amides is 1. The van der Waals surface area contributed by atoms with Gasteiger partial charge in [-0.25, -0.2) is 13.2 Å². The molecule has 0 bridgehead atoms. The molecule has 35 heavy (non-hydrogen) atoms. The van der Waals surface area contributed by atoms with Crippen LogP contribution in [-0.4, -0.2) is 20.3 Å². The van der Waals surface area contributed by atoms with E-state index in [4.69, 9.17) is 4.74 Å². The molecule has 0 saturated carbocycles. The second kappa shape index (κ2) is 10.2. The average molecular weight is 550 g/mol. The first kappa shape index (κ1) is 24.4. The van der Waals surface area contributed by atoms with Crippen molar-refractivity contribution < 1.29 is 22.7 Å². The molecule has 0 aliphatic heterocycles. The third kappa shape index (κ3) is 5.34. The number of hydrogen-bond acceptors (Lipinski definition) is 5. The summed E-state index contributed by atoms with van der Waals surface area (Å²) < 4.78 is 33.8. The van der Waals surface area contributed by atoms with Gasteiger partial charge in [-0.05, 0) is 77.5 Å². The van der Waals surface area contributed by atoms with Crippen molar-refractivity contribution in [2.75, 3.05) is 4.31 Å². The third-order valence-corrected chi connectivity index (χ3v) is 7.47. The van der Waals surface area contributed by atoms with Gasteiger partial charge in [0, 0.05) is 5.56 Å². The van der Waals surface area contributed by atoms with Crippen LogP contribution in [-0.2, 0) is 10.0 Å². The molecule has 0 fully saturated rings. The minimum atomic E-state index is -4.26. The largest absolute Gasteiger partial charge is 0.422 e. The minimum absolute atomic E-state index is 0.0249. The molecule has 0 spiro atoms. The maximum absolute atomic E-state index is 13.6. The molecular formula is C27H20BrNO5S. The molecule has 0 saturated heterocycles. The van der Waals surface area contributed by atoms with Crippen LogP contribution >= 0.6 is 15.9 Å². The Kier molecular flexibility index (Phi) is 7.14. The molecule has 176 valence electrons. The number of anilines is 1. The first-order chi connectivity index (χ1) is 16.8. The zero-order chi connectivity index (χ0) is 25.0. The van der Waals surface area contributed by atoms with Gasteiger partial charge in [-0.2, -0.15) is 4.31 Å². The van der Waals surface area contributed by atoms with E-state index in [9.17, 15) is 18.0 Å². The maximum Gasteiger partial charge on any atom is 0.343 e. The van der Waals surface area contributed by atoms with E-state index >= 15 is 0 Å². The smallest absolute Gasteiger partial charge is 0.343 e. The summed E-state index contributed by atoms with van der Waals surface area (Å²) >= 11 is 3.34. The summed E-state index contributed by atoms with van der Waals surface area (Å²) in [6, 6.07) is 27.2. The van der Waals surface area contributed by atoms with Crippen LogP contribution in [0.25, 0.3) is 0 Å². The summed E-state index contributed by atoms with van der Waals surface area (Å²) in [6.07, 6.45) is 0. The number of carbonyl (C=O) groups excluding carboxylic acids is 2. The molecule has 0 atom stereocenters. The number of nitrogens with zero attached hydrogens (tertiary/aromatic N) is 1. The van der Waals surface area contributed by atoms with E-state index in [0.717, 1.165) is 9.87 Å². The van der Waals surface area contributed by atoms with Gasteiger partial charge < -0.3 is 4.74 Å². The fraction of sp³-hybridized carbons (Fsp3) is 0.0370. The zero-order valence-electron chi connectivity index (χ0n) is 18.6. The van der Waals surface area contributed by atoms with E-state index < -0.39 is 21.9 Å². The summed E-state index contributed by atoms with van der Waals surface area (Å²) in [5.41, 5.74) is 1.55. The van der Waals surface area contributed by atoms with Crippen LogP contribution in [0.5, 0.6) is 5.75 Å². The highest BCUT2D eigenvalue weighted by atomic mass is 79.9. The Hall–Kier alpha value is -3.75. The molecule has 6 nitrogen and oxygen atoms in total. The Bertz CT molecular complexity index is 1470. The molecule has 8 heteroatoms.